The lowest BCUT2D eigenvalue weighted by Gasteiger charge is -2.47. The summed E-state index contributed by atoms with van der Waals surface area (Å²) in [5, 5.41) is 11.9. The number of hydrogen-bond donors (Lipinski definition) is 1. The molecule has 4 aliphatic rings. The van der Waals surface area contributed by atoms with Crippen LogP contribution in [0.25, 0.3) is 0 Å². The lowest BCUT2D eigenvalue weighted by atomic mass is 9.82. The van der Waals surface area contributed by atoms with E-state index in [-0.39, 0.29) is 54.9 Å². The number of cyclic esters (lactones) is 1. The highest BCUT2D eigenvalue weighted by molar-refractivity contribution is 6.39. The molecule has 14 atom stereocenters. The first-order valence-electron chi connectivity index (χ1n) is 21.6. The fourth-order valence-electron chi connectivity index (χ4n) is 9.71. The van der Waals surface area contributed by atoms with Crippen LogP contribution >= 0.6 is 11.6 Å². The maximum absolute atomic E-state index is 14.5. The lowest BCUT2D eigenvalue weighted by molar-refractivity contribution is -0.302. The molecule has 0 aromatic carbocycles. The van der Waals surface area contributed by atoms with E-state index in [1.54, 1.807) is 21.0 Å². The molecule has 1 amide bonds. The Morgan fingerprint density at radius 1 is 0.932 bits per heavy atom. The number of nitrogens with zero attached hydrogens (tertiary/aromatic N) is 1. The predicted octanol–water partition coefficient (Wildman–Crippen LogP) is 6.29. The van der Waals surface area contributed by atoms with Crippen LogP contribution in [0.3, 0.4) is 0 Å². The average molecular weight is 853 g/mol. The van der Waals surface area contributed by atoms with Gasteiger partial charge in [0.25, 0.3) is 11.7 Å². The van der Waals surface area contributed by atoms with E-state index in [4.69, 9.17) is 40.0 Å². The molecular formula is C45H70ClNO12. The summed E-state index contributed by atoms with van der Waals surface area (Å²) in [6.45, 7) is 12.6. The third kappa shape index (κ3) is 12.0. The number of hydrogen-bond acceptors (Lipinski definition) is 12. The van der Waals surface area contributed by atoms with Gasteiger partial charge in [-0.1, -0.05) is 45.4 Å². The summed E-state index contributed by atoms with van der Waals surface area (Å²) in [6.07, 6.45) is 5.06. The number of Topliss-reactive ketones (excluding diaryl/α,β-unsaturated/α-hetero) is 2. The molecule has 3 fully saturated rings. The van der Waals surface area contributed by atoms with Crippen LogP contribution in [0.2, 0.25) is 0 Å². The molecule has 3 heterocycles. The first-order chi connectivity index (χ1) is 27.9. The number of alkyl halides is 1. The molecule has 0 radical (unpaired) electrons. The van der Waals surface area contributed by atoms with Crippen molar-refractivity contribution in [3.8, 4) is 0 Å². The Bertz CT molecular complexity index is 1550. The summed E-state index contributed by atoms with van der Waals surface area (Å²) in [5.74, 6) is -8.06. The normalized spacial score (nSPS) is 39.9. The first kappa shape index (κ1) is 49.0. The van der Waals surface area contributed by atoms with Crippen molar-refractivity contribution in [1.82, 2.24) is 4.90 Å². The molecule has 2 bridgehead atoms. The highest BCUT2D eigenvalue weighted by Crippen LogP contribution is 2.39. The highest BCUT2D eigenvalue weighted by Gasteiger charge is 2.56. The summed E-state index contributed by atoms with van der Waals surface area (Å²) < 4.78 is 36.0. The topological polar surface area (TPSA) is 164 Å². The first-order valence-corrected chi connectivity index (χ1v) is 22.1. The fourth-order valence-corrected chi connectivity index (χ4v) is 10.0. The van der Waals surface area contributed by atoms with Crippen LogP contribution in [0.1, 0.15) is 119 Å². The Hall–Kier alpha value is -2.68. The molecule has 13 nitrogen and oxygen atoms in total. The van der Waals surface area contributed by atoms with Crippen molar-refractivity contribution in [3.05, 3.63) is 23.3 Å². The largest absolute Gasteiger partial charge is 0.462 e. The Balaban J connectivity index is 1.82. The fraction of sp³-hybridized carbons (Fsp3) is 0.800. The maximum Gasteiger partial charge on any atom is 0.329 e. The van der Waals surface area contributed by atoms with Crippen LogP contribution in [-0.4, -0.2) is 121 Å². The van der Waals surface area contributed by atoms with Gasteiger partial charge in [0, 0.05) is 59.0 Å². The molecule has 334 valence electrons. The zero-order valence-electron chi connectivity index (χ0n) is 36.9. The number of carbonyl (C=O) groups excluding carboxylic acids is 5. The number of ketones is 2. The molecule has 1 aliphatic carbocycles. The molecule has 0 aromatic heterocycles. The third-order valence-electron chi connectivity index (χ3n) is 13.1. The zero-order chi connectivity index (χ0) is 43.8. The number of piperidine rings is 1. The summed E-state index contributed by atoms with van der Waals surface area (Å²) in [5.41, 5.74) is 1.67. The van der Waals surface area contributed by atoms with Crippen molar-refractivity contribution < 1.29 is 57.5 Å². The molecule has 3 aliphatic heterocycles. The van der Waals surface area contributed by atoms with E-state index in [9.17, 15) is 29.1 Å². The monoisotopic (exact) mass is 851 g/mol. The molecule has 0 unspecified atom stereocenters. The number of fused-ring (bicyclic) bond motifs is 3. The SMILES string of the molecule is CC[C@@H]1/C=C(\C)C[C@H](C)C[C@H](OC)[C@H]2O[C@@](O)(C(=O)C(=O)N3CCCC[C@H]3C(=O)O[C@H](/C(C)=C/[C@@H]3CC[C@H](Cl)[C@H](OC)C3)[C@H](C)[C@H](OC(C)=O)CC1=O)[C@H](C)C[C@@H]2OC. The summed E-state index contributed by atoms with van der Waals surface area (Å²) in [4.78, 5) is 71.1. The van der Waals surface area contributed by atoms with Crippen molar-refractivity contribution in [2.45, 2.75) is 173 Å². The molecule has 1 N–H and O–H groups in total. The van der Waals surface area contributed by atoms with Gasteiger partial charge < -0.3 is 38.4 Å². The van der Waals surface area contributed by atoms with Crippen LogP contribution < -0.4 is 0 Å². The quantitative estimate of drug-likeness (QED) is 0.132. The van der Waals surface area contributed by atoms with E-state index in [0.29, 0.717) is 44.1 Å². The standard InChI is InChI=1S/C45H70ClNO12/c1-11-32-19-25(2)18-26(3)20-38(55-9)41-39(56-10)22-28(5)45(53,59-41)42(50)43(51)47-17-13-12-14-34(47)44(52)58-40(29(6)36(24-35(32)49)57-30(7)48)27(4)21-31-15-16-33(46)37(23-31)54-8/h19,21,26,28-29,31-34,36-41,53H,11-18,20,22-24H2,1-10H3/b25-19+,27-21+/t26-,28+,29+,31-,32+,33-,34-,36+,37+,38-,39-,40+,41+,45+/m0/s1. The number of esters is 2. The Morgan fingerprint density at radius 3 is 2.22 bits per heavy atom. The Morgan fingerprint density at radius 2 is 1.59 bits per heavy atom. The zero-order valence-corrected chi connectivity index (χ0v) is 37.7. The summed E-state index contributed by atoms with van der Waals surface area (Å²) in [7, 11) is 4.69. The molecule has 0 spiro atoms. The number of halogens is 1. The third-order valence-corrected chi connectivity index (χ3v) is 13.6. The number of methoxy groups -OCH3 is 3. The van der Waals surface area contributed by atoms with E-state index in [1.165, 1.54) is 26.0 Å². The number of carbonyl (C=O) groups is 5. The minimum absolute atomic E-state index is 0.0176. The van der Waals surface area contributed by atoms with E-state index >= 15 is 0 Å². The second-order valence-corrected chi connectivity index (χ2v) is 18.2. The summed E-state index contributed by atoms with van der Waals surface area (Å²) in [6, 6.07) is -1.15. The van der Waals surface area contributed by atoms with Gasteiger partial charge in [-0.2, -0.15) is 0 Å². The minimum Gasteiger partial charge on any atom is -0.462 e. The van der Waals surface area contributed by atoms with Gasteiger partial charge in [-0.25, -0.2) is 4.79 Å². The van der Waals surface area contributed by atoms with E-state index in [0.717, 1.165) is 18.4 Å². The molecule has 0 aromatic rings. The van der Waals surface area contributed by atoms with Crippen LogP contribution in [0.4, 0.5) is 0 Å². The van der Waals surface area contributed by atoms with Gasteiger partial charge in [-0.05, 0) is 95.5 Å². The average Bonchev–Trinajstić information content (AvgIpc) is 3.20. The van der Waals surface area contributed by atoms with Gasteiger partial charge in [0.2, 0.25) is 5.79 Å². The molecule has 1 saturated carbocycles. The van der Waals surface area contributed by atoms with Crippen LogP contribution in [0.5, 0.6) is 0 Å². The number of rotatable bonds is 7. The van der Waals surface area contributed by atoms with E-state index in [2.05, 4.69) is 6.92 Å². The van der Waals surface area contributed by atoms with Gasteiger partial charge in [0.1, 0.15) is 30.1 Å². The van der Waals surface area contributed by atoms with Crippen LogP contribution in [-0.2, 0) is 52.4 Å². The predicted molar refractivity (Wildman–Crippen MR) is 221 cm³/mol. The van der Waals surface area contributed by atoms with E-state index < -0.39 is 83.7 Å². The van der Waals surface area contributed by atoms with Crippen molar-refractivity contribution in [3.63, 3.8) is 0 Å². The molecule has 2 saturated heterocycles. The lowest BCUT2D eigenvalue weighted by Crippen LogP contribution is -2.64. The van der Waals surface area contributed by atoms with Crippen LogP contribution in [0.15, 0.2) is 23.3 Å². The Kier molecular flexibility index (Phi) is 18.2. The van der Waals surface area contributed by atoms with Gasteiger partial charge in [-0.15, -0.1) is 11.6 Å². The van der Waals surface area contributed by atoms with Gasteiger partial charge in [0.05, 0.1) is 23.7 Å². The molecule has 14 heteroatoms. The van der Waals surface area contributed by atoms with Crippen LogP contribution in [0, 0.1) is 29.6 Å². The molecule has 4 rings (SSSR count). The van der Waals surface area contributed by atoms with Crippen molar-refractivity contribution in [2.24, 2.45) is 29.6 Å². The highest BCUT2D eigenvalue weighted by atomic mass is 35.5. The maximum atomic E-state index is 14.5. The second kappa shape index (κ2) is 21.9. The second-order valence-electron chi connectivity index (χ2n) is 17.7. The number of amides is 1. The van der Waals surface area contributed by atoms with Gasteiger partial charge in [0.15, 0.2) is 0 Å². The molecular weight excluding hydrogens is 782 g/mol. The van der Waals surface area contributed by atoms with E-state index in [1.807, 2.05) is 32.9 Å². The summed E-state index contributed by atoms with van der Waals surface area (Å²) >= 11 is 6.56. The van der Waals surface area contributed by atoms with Crippen molar-refractivity contribution in [2.75, 3.05) is 27.9 Å². The van der Waals surface area contributed by atoms with Gasteiger partial charge >= 0.3 is 11.9 Å². The number of aliphatic hydroxyl groups is 1. The van der Waals surface area contributed by atoms with Crippen molar-refractivity contribution in [1.29, 1.82) is 0 Å². The van der Waals surface area contributed by atoms with Gasteiger partial charge in [-0.3, -0.25) is 19.2 Å². The van der Waals surface area contributed by atoms with Crippen molar-refractivity contribution >= 4 is 41.0 Å². The molecule has 59 heavy (non-hydrogen) atoms. The Labute approximate surface area is 356 Å². The number of ether oxygens (including phenoxy) is 6. The smallest absolute Gasteiger partial charge is 0.329 e. The number of allylic oxidation sites excluding steroid dienone is 3. The minimum atomic E-state index is -2.51.